The third-order valence-corrected chi connectivity index (χ3v) is 7.52. The van der Waals surface area contributed by atoms with Gasteiger partial charge in [0.05, 0.1) is 10.3 Å². The first-order valence-corrected chi connectivity index (χ1v) is 14.3. The molecule has 0 aliphatic rings. The predicted molar refractivity (Wildman–Crippen MR) is 166 cm³/mol. The zero-order valence-corrected chi connectivity index (χ0v) is 24.3. The van der Waals surface area contributed by atoms with Gasteiger partial charge in [0.1, 0.15) is 11.5 Å². The van der Waals surface area contributed by atoms with Crippen LogP contribution >= 0.6 is 35.0 Å². The van der Waals surface area contributed by atoms with Crippen molar-refractivity contribution in [1.82, 2.24) is 10.3 Å². The van der Waals surface area contributed by atoms with Gasteiger partial charge in [-0.2, -0.15) is 0 Å². The Balaban J connectivity index is 1.49. The van der Waals surface area contributed by atoms with Crippen LogP contribution in [-0.4, -0.2) is 28.0 Å². The number of rotatable bonds is 10. The Morgan fingerprint density at radius 2 is 1.66 bits per heavy atom. The van der Waals surface area contributed by atoms with Gasteiger partial charge in [-0.05, 0) is 72.7 Å². The van der Waals surface area contributed by atoms with Gasteiger partial charge in [-0.25, -0.2) is 4.98 Å². The number of hydrogen-bond donors (Lipinski definition) is 3. The van der Waals surface area contributed by atoms with Crippen LogP contribution in [-0.2, 0) is 9.59 Å². The van der Waals surface area contributed by atoms with Crippen LogP contribution in [0.5, 0.6) is 0 Å². The van der Waals surface area contributed by atoms with Gasteiger partial charge < -0.3 is 16.0 Å². The fourth-order valence-electron chi connectivity index (χ4n) is 3.69. The molecule has 0 saturated carbocycles. The monoisotopic (exact) mass is 604 g/mol. The normalized spacial score (nSPS) is 11.8. The molecule has 0 spiro atoms. The molecule has 1 unspecified atom stereocenters. The average Bonchev–Trinajstić information content (AvgIpc) is 2.97. The summed E-state index contributed by atoms with van der Waals surface area (Å²) < 4.78 is 0. The Labute approximate surface area is 252 Å². The molecule has 7 nitrogen and oxygen atoms in total. The third-order valence-electron chi connectivity index (χ3n) is 5.70. The predicted octanol–water partition coefficient (Wildman–Crippen LogP) is 7.31. The molecule has 3 N–H and O–H groups in total. The topological polar surface area (TPSA) is 100 Å². The van der Waals surface area contributed by atoms with E-state index in [9.17, 15) is 14.4 Å². The lowest BCUT2D eigenvalue weighted by atomic mass is 10.1. The van der Waals surface area contributed by atoms with Crippen LogP contribution in [0.1, 0.15) is 29.3 Å². The molecule has 0 bridgehead atoms. The number of nitrogens with zero attached hydrogens (tertiary/aromatic N) is 1. The number of benzene rings is 3. The molecule has 10 heteroatoms. The minimum atomic E-state index is -0.519. The van der Waals surface area contributed by atoms with E-state index in [1.54, 1.807) is 91.0 Å². The molecule has 0 aliphatic carbocycles. The Morgan fingerprint density at radius 3 is 2.37 bits per heavy atom. The van der Waals surface area contributed by atoms with Crippen molar-refractivity contribution >= 4 is 70.3 Å². The summed E-state index contributed by atoms with van der Waals surface area (Å²) in [7, 11) is 0. The highest BCUT2D eigenvalue weighted by molar-refractivity contribution is 8.00. The van der Waals surface area contributed by atoms with Crippen molar-refractivity contribution in [2.24, 2.45) is 0 Å². The lowest BCUT2D eigenvalue weighted by Gasteiger charge is -2.15. The number of pyridine rings is 1. The summed E-state index contributed by atoms with van der Waals surface area (Å²) in [6.45, 7) is 1.92. The first-order chi connectivity index (χ1) is 19.8. The van der Waals surface area contributed by atoms with Gasteiger partial charge >= 0.3 is 0 Å². The van der Waals surface area contributed by atoms with E-state index in [0.717, 1.165) is 4.90 Å². The second-order valence-electron chi connectivity index (χ2n) is 8.78. The fraction of sp³-hybridized carbons (Fsp3) is 0.0968. The maximum absolute atomic E-state index is 13.4. The summed E-state index contributed by atoms with van der Waals surface area (Å²) in [6, 6.07) is 26.0. The second kappa shape index (κ2) is 14.5. The Kier molecular flexibility index (Phi) is 10.6. The van der Waals surface area contributed by atoms with E-state index in [0.29, 0.717) is 39.1 Å². The van der Waals surface area contributed by atoms with Crippen LogP contribution in [0.15, 0.2) is 108 Å². The molecule has 0 aliphatic heterocycles. The number of carbonyl (C=O) groups excluding carboxylic acids is 3. The molecule has 3 amide bonds. The average molecular weight is 606 g/mol. The lowest BCUT2D eigenvalue weighted by Crippen LogP contribution is -2.30. The smallest absolute Gasteiger partial charge is 0.272 e. The number of anilines is 2. The van der Waals surface area contributed by atoms with Gasteiger partial charge in [-0.15, -0.1) is 11.8 Å². The van der Waals surface area contributed by atoms with E-state index in [4.69, 9.17) is 23.2 Å². The number of hydrogen-bond acceptors (Lipinski definition) is 5. The van der Waals surface area contributed by atoms with Gasteiger partial charge in [0.25, 0.3) is 11.8 Å². The molecule has 41 heavy (non-hydrogen) atoms. The minimum absolute atomic E-state index is 0.0421. The van der Waals surface area contributed by atoms with E-state index in [1.165, 1.54) is 18.0 Å². The Hall–Kier alpha value is -4.11. The molecule has 4 aromatic rings. The number of amides is 3. The standard InChI is InChI=1S/C31H26Cl2N4O3S/c1-2-27(31(40)37-28-15-14-23(33)19-34-28)41-25-13-7-12-24(18-25)35-30(39)26(17-20-8-6-11-22(32)16-20)36-29(38)21-9-4-3-5-10-21/h3-19,27H,2H2,1H3,(H,35,39)(H,36,38)(H,34,37,40)/b26-17-. The van der Waals surface area contributed by atoms with E-state index in [2.05, 4.69) is 20.9 Å². The van der Waals surface area contributed by atoms with E-state index >= 15 is 0 Å². The van der Waals surface area contributed by atoms with E-state index in [1.807, 2.05) is 13.0 Å². The molecule has 1 heterocycles. The van der Waals surface area contributed by atoms with Crippen LogP contribution in [0.4, 0.5) is 11.5 Å². The Morgan fingerprint density at radius 1 is 0.878 bits per heavy atom. The Bertz CT molecular complexity index is 1560. The highest BCUT2D eigenvalue weighted by Gasteiger charge is 2.20. The first kappa shape index (κ1) is 29.9. The molecule has 1 aromatic heterocycles. The quantitative estimate of drug-likeness (QED) is 0.130. The molecule has 1 atom stereocenters. The number of halogens is 2. The number of thioether (sulfide) groups is 1. The minimum Gasteiger partial charge on any atom is -0.321 e. The molecule has 208 valence electrons. The summed E-state index contributed by atoms with van der Waals surface area (Å²) in [6.07, 6.45) is 3.59. The van der Waals surface area contributed by atoms with Crippen LogP contribution in [0, 0.1) is 0 Å². The van der Waals surface area contributed by atoms with Gasteiger partial charge in [0.15, 0.2) is 0 Å². The molecule has 3 aromatic carbocycles. The van der Waals surface area contributed by atoms with Crippen molar-refractivity contribution in [3.63, 3.8) is 0 Å². The van der Waals surface area contributed by atoms with Crippen molar-refractivity contribution in [3.05, 3.63) is 124 Å². The number of nitrogens with one attached hydrogen (secondary N) is 3. The zero-order valence-electron chi connectivity index (χ0n) is 21.9. The van der Waals surface area contributed by atoms with Gasteiger partial charge in [-0.1, -0.05) is 66.5 Å². The summed E-state index contributed by atoms with van der Waals surface area (Å²) in [5, 5.41) is 8.94. The summed E-state index contributed by atoms with van der Waals surface area (Å²) in [5.74, 6) is -0.728. The van der Waals surface area contributed by atoms with Crippen molar-refractivity contribution in [3.8, 4) is 0 Å². The SMILES string of the molecule is CCC(Sc1cccc(NC(=O)/C(=C/c2cccc(Cl)c2)NC(=O)c2ccccc2)c1)C(=O)Nc1ccc(Cl)cn1. The second-order valence-corrected chi connectivity index (χ2v) is 10.9. The maximum Gasteiger partial charge on any atom is 0.272 e. The highest BCUT2D eigenvalue weighted by atomic mass is 35.5. The number of aromatic nitrogens is 1. The lowest BCUT2D eigenvalue weighted by molar-refractivity contribution is -0.116. The van der Waals surface area contributed by atoms with E-state index in [-0.39, 0.29) is 11.6 Å². The number of carbonyl (C=O) groups is 3. The molecule has 0 saturated heterocycles. The van der Waals surface area contributed by atoms with Gasteiger partial charge in [0.2, 0.25) is 5.91 Å². The van der Waals surface area contributed by atoms with Crippen molar-refractivity contribution < 1.29 is 14.4 Å². The largest absolute Gasteiger partial charge is 0.321 e. The van der Waals surface area contributed by atoms with Crippen molar-refractivity contribution in [1.29, 1.82) is 0 Å². The summed E-state index contributed by atoms with van der Waals surface area (Å²) in [5.41, 5.74) is 1.60. The molecule has 4 rings (SSSR count). The van der Waals surface area contributed by atoms with Crippen molar-refractivity contribution in [2.45, 2.75) is 23.5 Å². The molecule has 0 radical (unpaired) electrons. The van der Waals surface area contributed by atoms with Crippen LogP contribution < -0.4 is 16.0 Å². The van der Waals surface area contributed by atoms with Crippen LogP contribution in [0.2, 0.25) is 10.0 Å². The molecular weight excluding hydrogens is 579 g/mol. The van der Waals surface area contributed by atoms with Crippen LogP contribution in [0.3, 0.4) is 0 Å². The maximum atomic E-state index is 13.4. The summed E-state index contributed by atoms with van der Waals surface area (Å²) in [4.78, 5) is 44.0. The van der Waals surface area contributed by atoms with Gasteiger partial charge in [-0.3, -0.25) is 14.4 Å². The van der Waals surface area contributed by atoms with E-state index < -0.39 is 17.1 Å². The fourth-order valence-corrected chi connectivity index (χ4v) is 5.02. The van der Waals surface area contributed by atoms with Gasteiger partial charge in [0, 0.05) is 27.4 Å². The van der Waals surface area contributed by atoms with Crippen molar-refractivity contribution in [2.75, 3.05) is 10.6 Å². The summed E-state index contributed by atoms with van der Waals surface area (Å²) >= 11 is 13.4. The zero-order chi connectivity index (χ0) is 29.2. The third kappa shape index (κ3) is 8.94. The molecular formula is C31H26Cl2N4O3S. The highest BCUT2D eigenvalue weighted by Crippen LogP contribution is 2.29. The van der Waals surface area contributed by atoms with Crippen LogP contribution in [0.25, 0.3) is 6.08 Å². The first-order valence-electron chi connectivity index (χ1n) is 12.6. The molecule has 0 fully saturated rings.